The predicted octanol–water partition coefficient (Wildman–Crippen LogP) is 0.935. The fraction of sp³-hybridized carbons (Fsp3) is 0.538. The second-order valence-corrected chi connectivity index (χ2v) is 6.90. The lowest BCUT2D eigenvalue weighted by molar-refractivity contribution is 0.155. The summed E-state index contributed by atoms with van der Waals surface area (Å²) < 4.78 is 27.0. The number of anilines is 1. The van der Waals surface area contributed by atoms with Gasteiger partial charge in [0.15, 0.2) is 0 Å². The zero-order valence-electron chi connectivity index (χ0n) is 11.2. The molecule has 1 aromatic rings. The van der Waals surface area contributed by atoms with Crippen LogP contribution in [0.25, 0.3) is 0 Å². The monoisotopic (exact) mass is 284 g/mol. The van der Waals surface area contributed by atoms with Gasteiger partial charge in [0.1, 0.15) is 4.90 Å². The molecule has 2 rings (SSSR count). The number of aryl methyl sites for hydroxylation is 2. The molecule has 0 aromatic heterocycles. The average Bonchev–Trinajstić information content (AvgIpc) is 3.15. The Labute approximate surface area is 113 Å². The molecule has 106 valence electrons. The van der Waals surface area contributed by atoms with Crippen LogP contribution in [0.15, 0.2) is 17.0 Å². The molecule has 1 aliphatic carbocycles. The Balaban J connectivity index is 2.21. The molecule has 0 saturated heterocycles. The molecule has 6 heteroatoms. The molecule has 4 N–H and O–H groups in total. The molecular formula is C13H20N2O3S. The SMILES string of the molecule is Cc1ccc(C)c(S(=O)(=O)NCC(O)C2CC2)c1N. The van der Waals surface area contributed by atoms with Crippen molar-refractivity contribution in [2.45, 2.75) is 37.7 Å². The Morgan fingerprint density at radius 3 is 2.53 bits per heavy atom. The number of rotatable bonds is 5. The lowest BCUT2D eigenvalue weighted by Gasteiger charge is -2.15. The summed E-state index contributed by atoms with van der Waals surface area (Å²) in [4.78, 5) is 0.121. The Kier molecular flexibility index (Phi) is 3.85. The first kappa shape index (κ1) is 14.3. The molecule has 1 aromatic carbocycles. The molecule has 0 amide bonds. The second kappa shape index (κ2) is 5.11. The summed E-state index contributed by atoms with van der Waals surface area (Å²) in [6, 6.07) is 3.53. The van der Waals surface area contributed by atoms with Crippen molar-refractivity contribution in [3.8, 4) is 0 Å². The minimum Gasteiger partial charge on any atom is -0.397 e. The normalized spacial score (nSPS) is 17.4. The third kappa shape index (κ3) is 3.08. The molecule has 1 aliphatic rings. The number of aliphatic hydroxyl groups excluding tert-OH is 1. The third-order valence-corrected chi connectivity index (χ3v) is 5.15. The summed E-state index contributed by atoms with van der Waals surface area (Å²) >= 11 is 0. The van der Waals surface area contributed by atoms with Crippen molar-refractivity contribution in [2.75, 3.05) is 12.3 Å². The number of sulfonamides is 1. The first-order valence-corrected chi connectivity index (χ1v) is 7.84. The van der Waals surface area contributed by atoms with Crippen LogP contribution in [0.3, 0.4) is 0 Å². The topological polar surface area (TPSA) is 92.4 Å². The van der Waals surface area contributed by atoms with Crippen molar-refractivity contribution in [3.05, 3.63) is 23.3 Å². The van der Waals surface area contributed by atoms with Gasteiger partial charge < -0.3 is 10.8 Å². The third-order valence-electron chi connectivity index (χ3n) is 3.53. The highest BCUT2D eigenvalue weighted by atomic mass is 32.2. The summed E-state index contributed by atoms with van der Waals surface area (Å²) in [7, 11) is -3.68. The summed E-state index contributed by atoms with van der Waals surface area (Å²) in [6.45, 7) is 3.52. The van der Waals surface area contributed by atoms with Gasteiger partial charge in [-0.25, -0.2) is 13.1 Å². The number of nitrogens with two attached hydrogens (primary N) is 1. The quantitative estimate of drug-likeness (QED) is 0.701. The van der Waals surface area contributed by atoms with Gasteiger partial charge in [0.2, 0.25) is 10.0 Å². The van der Waals surface area contributed by atoms with E-state index in [0.29, 0.717) is 5.56 Å². The number of hydrogen-bond acceptors (Lipinski definition) is 4. The Hall–Kier alpha value is -1.11. The van der Waals surface area contributed by atoms with E-state index in [-0.39, 0.29) is 23.0 Å². The van der Waals surface area contributed by atoms with Crippen LogP contribution in [0.4, 0.5) is 5.69 Å². The van der Waals surface area contributed by atoms with E-state index in [0.717, 1.165) is 18.4 Å². The van der Waals surface area contributed by atoms with Crippen LogP contribution >= 0.6 is 0 Å². The predicted molar refractivity (Wildman–Crippen MR) is 74.2 cm³/mol. The number of aliphatic hydroxyl groups is 1. The van der Waals surface area contributed by atoms with E-state index in [4.69, 9.17) is 5.73 Å². The molecule has 0 aliphatic heterocycles. The van der Waals surface area contributed by atoms with Gasteiger partial charge in [-0.1, -0.05) is 12.1 Å². The van der Waals surface area contributed by atoms with Crippen molar-refractivity contribution in [3.63, 3.8) is 0 Å². The zero-order chi connectivity index (χ0) is 14.2. The summed E-state index contributed by atoms with van der Waals surface area (Å²) in [6.07, 6.45) is 1.32. The van der Waals surface area contributed by atoms with Crippen LogP contribution in [-0.2, 0) is 10.0 Å². The molecule has 19 heavy (non-hydrogen) atoms. The minimum atomic E-state index is -3.68. The van der Waals surface area contributed by atoms with Crippen molar-refractivity contribution < 1.29 is 13.5 Å². The van der Waals surface area contributed by atoms with Crippen LogP contribution in [0.2, 0.25) is 0 Å². The first-order chi connectivity index (χ1) is 8.83. The van der Waals surface area contributed by atoms with Crippen LogP contribution in [0.5, 0.6) is 0 Å². The largest absolute Gasteiger partial charge is 0.397 e. The van der Waals surface area contributed by atoms with Crippen LogP contribution in [0.1, 0.15) is 24.0 Å². The summed E-state index contributed by atoms with van der Waals surface area (Å²) in [5.41, 5.74) is 7.48. The molecule has 0 radical (unpaired) electrons. The molecule has 5 nitrogen and oxygen atoms in total. The van der Waals surface area contributed by atoms with Gasteiger partial charge in [0, 0.05) is 6.54 Å². The van der Waals surface area contributed by atoms with Crippen LogP contribution in [0, 0.1) is 19.8 Å². The van der Waals surface area contributed by atoms with Gasteiger partial charge in [-0.05, 0) is 43.7 Å². The molecule has 1 unspecified atom stereocenters. The fourth-order valence-corrected chi connectivity index (χ4v) is 3.56. The van der Waals surface area contributed by atoms with Gasteiger partial charge in [-0.2, -0.15) is 0 Å². The first-order valence-electron chi connectivity index (χ1n) is 6.36. The van der Waals surface area contributed by atoms with Gasteiger partial charge in [0.25, 0.3) is 0 Å². The smallest absolute Gasteiger partial charge is 0.242 e. The van der Waals surface area contributed by atoms with E-state index in [1.807, 2.05) is 0 Å². The van der Waals surface area contributed by atoms with E-state index in [1.165, 1.54) is 0 Å². The molecule has 0 bridgehead atoms. The second-order valence-electron chi connectivity index (χ2n) is 5.20. The highest BCUT2D eigenvalue weighted by molar-refractivity contribution is 7.89. The minimum absolute atomic E-state index is 0.0415. The van der Waals surface area contributed by atoms with Crippen LogP contribution in [-0.4, -0.2) is 26.2 Å². The maximum absolute atomic E-state index is 12.3. The van der Waals surface area contributed by atoms with Gasteiger partial charge in [-0.3, -0.25) is 0 Å². The zero-order valence-corrected chi connectivity index (χ0v) is 12.0. The van der Waals surface area contributed by atoms with E-state index in [1.54, 1.807) is 26.0 Å². The van der Waals surface area contributed by atoms with Gasteiger partial charge in [0.05, 0.1) is 11.8 Å². The molecular weight excluding hydrogens is 264 g/mol. The van der Waals surface area contributed by atoms with Crippen molar-refractivity contribution >= 4 is 15.7 Å². The average molecular weight is 284 g/mol. The van der Waals surface area contributed by atoms with Crippen LogP contribution < -0.4 is 10.5 Å². The van der Waals surface area contributed by atoms with Gasteiger partial charge in [-0.15, -0.1) is 0 Å². The fourth-order valence-electron chi connectivity index (χ4n) is 2.08. The Morgan fingerprint density at radius 2 is 1.95 bits per heavy atom. The number of nitrogens with one attached hydrogen (secondary N) is 1. The molecule has 1 fully saturated rings. The standard InChI is InChI=1S/C13H20N2O3S/c1-8-3-4-9(2)13(12(8)14)19(17,18)15-7-11(16)10-5-6-10/h3-4,10-11,15-16H,5-7,14H2,1-2H3. The number of hydrogen-bond donors (Lipinski definition) is 3. The molecule has 1 atom stereocenters. The van der Waals surface area contributed by atoms with Crippen molar-refractivity contribution in [1.82, 2.24) is 4.72 Å². The molecule has 0 heterocycles. The maximum Gasteiger partial charge on any atom is 0.242 e. The Morgan fingerprint density at radius 1 is 1.37 bits per heavy atom. The summed E-state index contributed by atoms with van der Waals surface area (Å²) in [5.74, 6) is 0.235. The Bertz CT molecular complexity index is 580. The maximum atomic E-state index is 12.3. The van der Waals surface area contributed by atoms with E-state index < -0.39 is 16.1 Å². The highest BCUT2D eigenvalue weighted by Gasteiger charge is 2.31. The number of nitrogen functional groups attached to an aromatic ring is 1. The molecule has 0 spiro atoms. The highest BCUT2D eigenvalue weighted by Crippen LogP contribution is 2.32. The summed E-state index contributed by atoms with van der Waals surface area (Å²) in [5, 5.41) is 9.73. The van der Waals surface area contributed by atoms with Crippen molar-refractivity contribution in [2.24, 2.45) is 5.92 Å². The van der Waals surface area contributed by atoms with E-state index in [2.05, 4.69) is 4.72 Å². The van der Waals surface area contributed by atoms with Gasteiger partial charge >= 0.3 is 0 Å². The lowest BCUT2D eigenvalue weighted by Crippen LogP contribution is -2.34. The van der Waals surface area contributed by atoms with Crippen molar-refractivity contribution in [1.29, 1.82) is 0 Å². The lowest BCUT2D eigenvalue weighted by atomic mass is 10.1. The van der Waals surface area contributed by atoms with E-state index >= 15 is 0 Å². The van der Waals surface area contributed by atoms with E-state index in [9.17, 15) is 13.5 Å². The molecule has 1 saturated carbocycles. The number of benzene rings is 1.